The molecule has 2 aromatic carbocycles. The molecule has 2 N–H and O–H groups in total. The maximum Gasteiger partial charge on any atom is 0.243 e. The van der Waals surface area contributed by atoms with Gasteiger partial charge in [-0.05, 0) is 60.6 Å². The van der Waals surface area contributed by atoms with Crippen LogP contribution in [0.2, 0.25) is 0 Å². The number of hydrogen-bond donors (Lipinski definition) is 2. The van der Waals surface area contributed by atoms with Gasteiger partial charge in [0.15, 0.2) is 0 Å². The Bertz CT molecular complexity index is 1170. The van der Waals surface area contributed by atoms with Gasteiger partial charge in [0.25, 0.3) is 0 Å². The Morgan fingerprint density at radius 1 is 0.882 bits per heavy atom. The van der Waals surface area contributed by atoms with Crippen LogP contribution in [0.1, 0.15) is 44.2 Å². The maximum atomic E-state index is 12.6. The fourth-order valence-electron chi connectivity index (χ4n) is 3.60. The molecule has 0 aromatic heterocycles. The van der Waals surface area contributed by atoms with Gasteiger partial charge in [-0.15, -0.1) is 0 Å². The van der Waals surface area contributed by atoms with Crippen molar-refractivity contribution in [3.05, 3.63) is 59.7 Å². The Kier molecular flexibility index (Phi) is 8.86. The predicted octanol–water partition coefficient (Wildman–Crippen LogP) is 2.65. The molecule has 0 aliphatic carbocycles. The molecule has 0 radical (unpaired) electrons. The highest BCUT2D eigenvalue weighted by atomic mass is 32.2. The molecule has 0 unspecified atom stereocenters. The van der Waals surface area contributed by atoms with Crippen LogP contribution in [0.4, 0.5) is 0 Å². The van der Waals surface area contributed by atoms with Gasteiger partial charge in [0.1, 0.15) is 0 Å². The molecule has 1 saturated heterocycles. The van der Waals surface area contributed by atoms with E-state index in [1.807, 2.05) is 13.8 Å². The van der Waals surface area contributed by atoms with Crippen LogP contribution in [0.5, 0.6) is 0 Å². The van der Waals surface area contributed by atoms with Crippen molar-refractivity contribution in [1.29, 1.82) is 0 Å². The normalized spacial score (nSPS) is 15.0. The van der Waals surface area contributed by atoms with Crippen LogP contribution in [-0.4, -0.2) is 46.7 Å². The van der Waals surface area contributed by atoms with Crippen LogP contribution in [0.3, 0.4) is 0 Å². The zero-order valence-corrected chi connectivity index (χ0v) is 21.3. The molecule has 0 bridgehead atoms. The quantitative estimate of drug-likeness (QED) is 0.486. The van der Waals surface area contributed by atoms with Crippen LogP contribution in [0.15, 0.2) is 58.3 Å². The summed E-state index contributed by atoms with van der Waals surface area (Å²) in [5.74, 6) is 0.0810. The number of nitrogens with one attached hydrogen (secondary N) is 2. The van der Waals surface area contributed by atoms with E-state index in [2.05, 4.69) is 10.0 Å². The van der Waals surface area contributed by atoms with Crippen molar-refractivity contribution >= 4 is 26.0 Å². The summed E-state index contributed by atoms with van der Waals surface area (Å²) >= 11 is 0. The summed E-state index contributed by atoms with van der Waals surface area (Å²) in [5, 5.41) is 2.84. The molecule has 1 aliphatic rings. The lowest BCUT2D eigenvalue weighted by Gasteiger charge is -2.15. The zero-order chi connectivity index (χ0) is 24.8. The third-order valence-corrected chi connectivity index (χ3v) is 9.02. The average Bonchev–Trinajstić information content (AvgIpc) is 3.37. The molecule has 0 spiro atoms. The fraction of sp³-hybridized carbons (Fsp3) is 0.458. The van der Waals surface area contributed by atoms with E-state index in [1.165, 1.54) is 4.31 Å². The maximum absolute atomic E-state index is 12.6. The van der Waals surface area contributed by atoms with Gasteiger partial charge in [-0.3, -0.25) is 4.79 Å². The van der Waals surface area contributed by atoms with Gasteiger partial charge in [-0.25, -0.2) is 21.6 Å². The van der Waals surface area contributed by atoms with Crippen molar-refractivity contribution in [2.75, 3.05) is 19.6 Å². The zero-order valence-electron chi connectivity index (χ0n) is 19.7. The van der Waals surface area contributed by atoms with Crippen molar-refractivity contribution in [3.8, 4) is 0 Å². The Hall–Kier alpha value is -2.27. The highest BCUT2D eigenvalue weighted by Crippen LogP contribution is 2.21. The third-order valence-electron chi connectivity index (χ3n) is 5.67. The van der Waals surface area contributed by atoms with E-state index in [9.17, 15) is 21.6 Å². The van der Waals surface area contributed by atoms with Gasteiger partial charge in [-0.1, -0.05) is 38.1 Å². The van der Waals surface area contributed by atoms with Gasteiger partial charge >= 0.3 is 0 Å². The molecule has 1 aliphatic heterocycles. The largest absolute Gasteiger partial charge is 0.352 e. The fourth-order valence-corrected chi connectivity index (χ4v) is 6.33. The van der Waals surface area contributed by atoms with Crippen molar-refractivity contribution in [2.45, 2.75) is 55.9 Å². The number of aryl methyl sites for hydroxylation is 1. The highest BCUT2D eigenvalue weighted by molar-refractivity contribution is 7.89. The number of hydrogen-bond acceptors (Lipinski definition) is 5. The minimum Gasteiger partial charge on any atom is -0.352 e. The van der Waals surface area contributed by atoms with Crippen molar-refractivity contribution in [3.63, 3.8) is 0 Å². The minimum absolute atomic E-state index is 0.135. The molecular weight excluding hydrogens is 474 g/mol. The number of carbonyl (C=O) groups is 1. The summed E-state index contributed by atoms with van der Waals surface area (Å²) < 4.78 is 53.8. The van der Waals surface area contributed by atoms with Gasteiger partial charge in [-0.2, -0.15) is 4.31 Å². The van der Waals surface area contributed by atoms with Crippen LogP contribution in [0.25, 0.3) is 0 Å². The average molecular weight is 508 g/mol. The number of amides is 1. The van der Waals surface area contributed by atoms with E-state index in [-0.39, 0.29) is 28.0 Å². The van der Waals surface area contributed by atoms with Crippen LogP contribution >= 0.6 is 0 Å². The van der Waals surface area contributed by atoms with E-state index in [0.717, 1.165) is 24.0 Å². The molecule has 2 aromatic rings. The Labute approximate surface area is 202 Å². The molecular formula is C24H33N3O5S2. The number of sulfonamides is 2. The number of rotatable bonds is 11. The summed E-state index contributed by atoms with van der Waals surface area (Å²) in [6, 6.07) is 13.1. The van der Waals surface area contributed by atoms with E-state index < -0.39 is 20.0 Å². The summed E-state index contributed by atoms with van der Waals surface area (Å²) in [6.45, 7) is 5.68. The predicted molar refractivity (Wildman–Crippen MR) is 131 cm³/mol. The molecule has 0 saturated carbocycles. The third kappa shape index (κ3) is 7.11. The summed E-state index contributed by atoms with van der Waals surface area (Å²) in [7, 11) is -6.97. The number of benzene rings is 2. The highest BCUT2D eigenvalue weighted by Gasteiger charge is 2.26. The monoisotopic (exact) mass is 507 g/mol. The van der Waals surface area contributed by atoms with E-state index in [1.54, 1.807) is 48.5 Å². The molecule has 1 heterocycles. The van der Waals surface area contributed by atoms with Crippen molar-refractivity contribution < 1.29 is 21.6 Å². The second kappa shape index (κ2) is 11.4. The molecule has 10 heteroatoms. The van der Waals surface area contributed by atoms with Crippen molar-refractivity contribution in [1.82, 2.24) is 14.3 Å². The number of carbonyl (C=O) groups excluding carboxylic acids is 1. The lowest BCUT2D eigenvalue weighted by Crippen LogP contribution is -2.28. The molecule has 186 valence electrons. The molecule has 8 nitrogen and oxygen atoms in total. The SMILES string of the molecule is CC(C)CNS(=O)(=O)c1ccc(CCC(=O)NCc2ccc(S(=O)(=O)N3CCCC3)cc2)cc1. The topological polar surface area (TPSA) is 113 Å². The van der Waals surface area contributed by atoms with Gasteiger partial charge in [0.05, 0.1) is 9.79 Å². The Balaban J connectivity index is 1.46. The Morgan fingerprint density at radius 3 is 2.03 bits per heavy atom. The molecule has 0 atom stereocenters. The minimum atomic E-state index is -3.53. The van der Waals surface area contributed by atoms with Crippen LogP contribution in [0, 0.1) is 5.92 Å². The lowest BCUT2D eigenvalue weighted by molar-refractivity contribution is -0.121. The van der Waals surface area contributed by atoms with E-state index >= 15 is 0 Å². The lowest BCUT2D eigenvalue weighted by atomic mass is 10.1. The standard InChI is InChI=1S/C24H33N3O5S2/c1-19(2)17-26-33(29,30)22-10-5-20(6-11-22)9-14-24(28)25-18-21-7-12-23(13-8-21)34(31,32)27-15-3-4-16-27/h5-8,10-13,19,26H,3-4,9,14-18H2,1-2H3,(H,25,28). The first kappa shape index (κ1) is 26.3. The molecule has 3 rings (SSSR count). The second-order valence-corrected chi connectivity index (χ2v) is 12.6. The van der Waals surface area contributed by atoms with Gasteiger partial charge < -0.3 is 5.32 Å². The van der Waals surface area contributed by atoms with E-state index in [4.69, 9.17) is 0 Å². The molecule has 1 fully saturated rings. The van der Waals surface area contributed by atoms with Crippen molar-refractivity contribution in [2.24, 2.45) is 5.92 Å². The van der Waals surface area contributed by atoms with E-state index in [0.29, 0.717) is 32.6 Å². The number of nitrogens with zero attached hydrogens (tertiary/aromatic N) is 1. The first-order valence-corrected chi connectivity index (χ1v) is 14.4. The second-order valence-electron chi connectivity index (χ2n) is 8.92. The van der Waals surface area contributed by atoms with Crippen LogP contribution < -0.4 is 10.0 Å². The van der Waals surface area contributed by atoms with Gasteiger partial charge in [0, 0.05) is 32.6 Å². The molecule has 34 heavy (non-hydrogen) atoms. The summed E-state index contributed by atoms with van der Waals surface area (Å²) in [6.07, 6.45) is 2.53. The first-order chi connectivity index (χ1) is 16.1. The smallest absolute Gasteiger partial charge is 0.243 e. The summed E-state index contributed by atoms with van der Waals surface area (Å²) in [4.78, 5) is 12.7. The summed E-state index contributed by atoms with van der Waals surface area (Å²) in [5.41, 5.74) is 1.69. The van der Waals surface area contributed by atoms with Gasteiger partial charge in [0.2, 0.25) is 26.0 Å². The Morgan fingerprint density at radius 2 is 1.44 bits per heavy atom. The molecule has 1 amide bonds. The first-order valence-electron chi connectivity index (χ1n) is 11.5. The van der Waals surface area contributed by atoms with Crippen LogP contribution in [-0.2, 0) is 37.8 Å².